The number of fused-ring (bicyclic) bond motifs is 1. The molecule has 0 radical (unpaired) electrons. The van der Waals surface area contributed by atoms with E-state index in [2.05, 4.69) is 17.5 Å². The third-order valence-corrected chi connectivity index (χ3v) is 3.35. The Balaban J connectivity index is 1.98. The van der Waals surface area contributed by atoms with Gasteiger partial charge in [-0.2, -0.15) is 5.26 Å². The Morgan fingerprint density at radius 3 is 3.00 bits per heavy atom. The molecule has 17 heavy (non-hydrogen) atoms. The lowest BCUT2D eigenvalue weighted by molar-refractivity contribution is -0.123. The summed E-state index contributed by atoms with van der Waals surface area (Å²) in [7, 11) is 0. The van der Waals surface area contributed by atoms with Crippen molar-refractivity contribution in [3.8, 4) is 6.07 Å². The molecule has 1 aliphatic rings. The van der Waals surface area contributed by atoms with E-state index in [1.54, 1.807) is 0 Å². The van der Waals surface area contributed by atoms with Crippen LogP contribution in [0.3, 0.4) is 0 Å². The quantitative estimate of drug-likeness (QED) is 0.858. The lowest BCUT2D eigenvalue weighted by Gasteiger charge is -2.30. The summed E-state index contributed by atoms with van der Waals surface area (Å²) in [4.78, 5) is 12.0. The molecule has 0 saturated carbocycles. The molecular weight excluding hydrogens is 212 g/mol. The first-order valence-corrected chi connectivity index (χ1v) is 6.01. The highest BCUT2D eigenvalue weighted by atomic mass is 16.2. The maximum absolute atomic E-state index is 12.0. The second kappa shape index (κ2) is 5.01. The Labute approximate surface area is 101 Å². The molecule has 1 N–H and O–H groups in total. The first-order chi connectivity index (χ1) is 8.26. The average molecular weight is 228 g/mol. The number of benzene rings is 1. The molecule has 1 aromatic carbocycles. The molecule has 3 nitrogen and oxygen atoms in total. The van der Waals surface area contributed by atoms with E-state index in [9.17, 15) is 4.79 Å². The van der Waals surface area contributed by atoms with Gasteiger partial charge in [0.05, 0.1) is 18.4 Å². The molecule has 2 rings (SSSR count). The van der Waals surface area contributed by atoms with Crippen molar-refractivity contribution < 1.29 is 4.79 Å². The Morgan fingerprint density at radius 1 is 1.59 bits per heavy atom. The Hall–Kier alpha value is -1.82. The van der Waals surface area contributed by atoms with Crippen molar-refractivity contribution >= 4 is 5.91 Å². The van der Waals surface area contributed by atoms with Gasteiger partial charge in [0.1, 0.15) is 0 Å². The van der Waals surface area contributed by atoms with Crippen LogP contribution in [-0.4, -0.2) is 11.9 Å². The Morgan fingerprint density at radius 2 is 2.35 bits per heavy atom. The number of rotatable bonds is 4. The number of nitriles is 1. The fourth-order valence-electron chi connectivity index (χ4n) is 2.20. The maximum Gasteiger partial charge on any atom is 0.228 e. The highest BCUT2D eigenvalue weighted by Gasteiger charge is 2.32. The van der Waals surface area contributed by atoms with Gasteiger partial charge in [0, 0.05) is 6.04 Å². The minimum Gasteiger partial charge on any atom is -0.352 e. The third kappa shape index (κ3) is 2.31. The summed E-state index contributed by atoms with van der Waals surface area (Å²) in [6.45, 7) is 1.98. The zero-order chi connectivity index (χ0) is 12.3. The minimum absolute atomic E-state index is 0.0136. The van der Waals surface area contributed by atoms with Crippen molar-refractivity contribution in [2.75, 3.05) is 0 Å². The monoisotopic (exact) mass is 228 g/mol. The summed E-state index contributed by atoms with van der Waals surface area (Å²) < 4.78 is 0. The van der Waals surface area contributed by atoms with E-state index < -0.39 is 0 Å². The molecule has 1 aliphatic carbocycles. The van der Waals surface area contributed by atoms with Gasteiger partial charge in [-0.05, 0) is 24.0 Å². The van der Waals surface area contributed by atoms with Crippen LogP contribution in [0.15, 0.2) is 24.3 Å². The maximum atomic E-state index is 12.0. The second-order valence-electron chi connectivity index (χ2n) is 4.43. The lowest BCUT2D eigenvalue weighted by Crippen LogP contribution is -2.41. The van der Waals surface area contributed by atoms with Crippen LogP contribution in [0.1, 0.15) is 36.8 Å². The van der Waals surface area contributed by atoms with E-state index >= 15 is 0 Å². The molecule has 3 heteroatoms. The molecule has 0 bridgehead atoms. The Kier molecular flexibility index (Phi) is 3.43. The molecule has 0 aliphatic heterocycles. The first kappa shape index (κ1) is 11.7. The fourth-order valence-corrected chi connectivity index (χ4v) is 2.20. The molecule has 2 unspecified atom stereocenters. The molecule has 0 spiro atoms. The van der Waals surface area contributed by atoms with E-state index in [4.69, 9.17) is 5.26 Å². The predicted octanol–water partition coefficient (Wildman–Crippen LogP) is 2.13. The molecule has 0 saturated heterocycles. The van der Waals surface area contributed by atoms with Crippen LogP contribution in [0.4, 0.5) is 0 Å². The summed E-state index contributed by atoms with van der Waals surface area (Å²) in [5.41, 5.74) is 2.40. The van der Waals surface area contributed by atoms with E-state index in [0.717, 1.165) is 18.4 Å². The summed E-state index contributed by atoms with van der Waals surface area (Å²) >= 11 is 0. The number of carbonyl (C=O) groups excluding carboxylic acids is 1. The number of hydrogen-bond donors (Lipinski definition) is 1. The van der Waals surface area contributed by atoms with Crippen molar-refractivity contribution in [2.24, 2.45) is 0 Å². The molecular formula is C14H16N2O. The molecule has 2 atom stereocenters. The number of nitrogens with one attached hydrogen (secondary N) is 1. The third-order valence-electron chi connectivity index (χ3n) is 3.35. The average Bonchev–Trinajstić information content (AvgIpc) is 2.30. The largest absolute Gasteiger partial charge is 0.352 e. The van der Waals surface area contributed by atoms with Crippen molar-refractivity contribution in [1.82, 2.24) is 5.32 Å². The van der Waals surface area contributed by atoms with Crippen molar-refractivity contribution in [3.05, 3.63) is 35.4 Å². The lowest BCUT2D eigenvalue weighted by atomic mass is 9.77. The molecule has 0 aromatic heterocycles. The summed E-state index contributed by atoms with van der Waals surface area (Å²) in [6.07, 6.45) is 2.01. The van der Waals surface area contributed by atoms with Gasteiger partial charge in [0.15, 0.2) is 0 Å². The second-order valence-corrected chi connectivity index (χ2v) is 4.43. The summed E-state index contributed by atoms with van der Waals surface area (Å²) in [6, 6.07) is 10.1. The molecule has 0 heterocycles. The van der Waals surface area contributed by atoms with Gasteiger partial charge in [0.2, 0.25) is 5.91 Å². The molecule has 1 aromatic rings. The normalized spacial score (nSPS) is 18.5. The van der Waals surface area contributed by atoms with Gasteiger partial charge in [0.25, 0.3) is 0 Å². The SMILES string of the molecule is CCC(CC#N)NC(=O)C1Cc2ccccc21. The fraction of sp³-hybridized carbons (Fsp3) is 0.429. The minimum atomic E-state index is -0.0149. The van der Waals surface area contributed by atoms with Gasteiger partial charge in [-0.3, -0.25) is 4.79 Å². The van der Waals surface area contributed by atoms with Gasteiger partial charge in [-0.1, -0.05) is 31.2 Å². The van der Waals surface area contributed by atoms with E-state index in [1.807, 2.05) is 25.1 Å². The van der Waals surface area contributed by atoms with Crippen LogP contribution in [0.5, 0.6) is 0 Å². The van der Waals surface area contributed by atoms with E-state index in [1.165, 1.54) is 5.56 Å². The first-order valence-electron chi connectivity index (χ1n) is 6.01. The van der Waals surface area contributed by atoms with Crippen LogP contribution in [0.2, 0.25) is 0 Å². The zero-order valence-electron chi connectivity index (χ0n) is 9.94. The number of nitrogens with zero attached hydrogens (tertiary/aromatic N) is 1. The van der Waals surface area contributed by atoms with Gasteiger partial charge >= 0.3 is 0 Å². The van der Waals surface area contributed by atoms with Gasteiger partial charge < -0.3 is 5.32 Å². The topological polar surface area (TPSA) is 52.9 Å². The smallest absolute Gasteiger partial charge is 0.228 e. The highest BCUT2D eigenvalue weighted by Crippen LogP contribution is 2.34. The van der Waals surface area contributed by atoms with Gasteiger partial charge in [-0.25, -0.2) is 0 Å². The summed E-state index contributed by atoms with van der Waals surface area (Å²) in [5.74, 6) is 0.0461. The standard InChI is InChI=1S/C14H16N2O/c1-2-11(7-8-15)16-14(17)13-9-10-5-3-4-6-12(10)13/h3-6,11,13H,2,7,9H2,1H3,(H,16,17). The van der Waals surface area contributed by atoms with Crippen LogP contribution in [0, 0.1) is 11.3 Å². The van der Waals surface area contributed by atoms with Gasteiger partial charge in [-0.15, -0.1) is 0 Å². The van der Waals surface area contributed by atoms with Crippen LogP contribution < -0.4 is 5.32 Å². The molecule has 88 valence electrons. The Bertz CT molecular complexity index is 462. The van der Waals surface area contributed by atoms with Crippen LogP contribution in [0.25, 0.3) is 0 Å². The van der Waals surface area contributed by atoms with Crippen molar-refractivity contribution in [2.45, 2.75) is 38.1 Å². The number of carbonyl (C=O) groups is 1. The van der Waals surface area contributed by atoms with E-state index in [-0.39, 0.29) is 17.9 Å². The zero-order valence-corrected chi connectivity index (χ0v) is 9.94. The highest BCUT2D eigenvalue weighted by molar-refractivity contribution is 5.87. The number of hydrogen-bond acceptors (Lipinski definition) is 2. The molecule has 1 amide bonds. The number of amides is 1. The van der Waals surface area contributed by atoms with Crippen LogP contribution in [-0.2, 0) is 11.2 Å². The van der Waals surface area contributed by atoms with Crippen molar-refractivity contribution in [3.63, 3.8) is 0 Å². The molecule has 0 fully saturated rings. The van der Waals surface area contributed by atoms with E-state index in [0.29, 0.717) is 6.42 Å². The summed E-state index contributed by atoms with van der Waals surface area (Å²) in [5, 5.41) is 11.6. The van der Waals surface area contributed by atoms with Crippen molar-refractivity contribution in [1.29, 1.82) is 5.26 Å². The predicted molar refractivity (Wildman–Crippen MR) is 65.3 cm³/mol. The van der Waals surface area contributed by atoms with Crippen LogP contribution >= 0.6 is 0 Å².